The van der Waals surface area contributed by atoms with Gasteiger partial charge in [0.15, 0.2) is 0 Å². The first kappa shape index (κ1) is 8.87. The third kappa shape index (κ3) is 1.11. The van der Waals surface area contributed by atoms with E-state index in [1.807, 2.05) is 0 Å². The molecule has 0 amide bonds. The average molecular weight is 192 g/mol. The molecule has 0 aliphatic carbocycles. The summed E-state index contributed by atoms with van der Waals surface area (Å²) in [6, 6.07) is 2.87. The molecule has 0 aliphatic rings. The van der Waals surface area contributed by atoms with Gasteiger partial charge in [-0.25, -0.2) is 4.39 Å². The summed E-state index contributed by atoms with van der Waals surface area (Å²) in [6.07, 6.45) is 0.634. The predicted octanol–water partition coefficient (Wildman–Crippen LogP) is 1.83. The van der Waals surface area contributed by atoms with Crippen molar-refractivity contribution in [2.24, 2.45) is 7.05 Å². The van der Waals surface area contributed by atoms with Crippen LogP contribution in [0, 0.1) is 12.7 Å². The van der Waals surface area contributed by atoms with Crippen LogP contribution in [0.5, 0.6) is 0 Å². The van der Waals surface area contributed by atoms with Crippen molar-refractivity contribution in [1.29, 1.82) is 0 Å². The highest BCUT2D eigenvalue weighted by Gasteiger charge is 2.10. The number of rotatable bonds is 1. The standard InChI is InChI=1S/C10H9FN2O/c1-6-8-3-7(5-14)4-9(11)10(8)13(2)12-6/h3-5H,1-2H3. The molecule has 3 nitrogen and oxygen atoms in total. The molecule has 72 valence electrons. The van der Waals surface area contributed by atoms with E-state index in [9.17, 15) is 9.18 Å². The molecule has 0 N–H and O–H groups in total. The van der Waals surface area contributed by atoms with Crippen molar-refractivity contribution < 1.29 is 9.18 Å². The van der Waals surface area contributed by atoms with Crippen LogP contribution in [0.1, 0.15) is 16.1 Å². The highest BCUT2D eigenvalue weighted by atomic mass is 19.1. The summed E-state index contributed by atoms with van der Waals surface area (Å²) in [4.78, 5) is 10.5. The second-order valence-corrected chi connectivity index (χ2v) is 3.23. The number of carbonyl (C=O) groups is 1. The molecule has 4 heteroatoms. The van der Waals surface area contributed by atoms with Crippen LogP contribution >= 0.6 is 0 Å². The number of fused-ring (bicyclic) bond motifs is 1. The minimum absolute atomic E-state index is 0.339. The molecule has 14 heavy (non-hydrogen) atoms. The van der Waals surface area contributed by atoms with Crippen molar-refractivity contribution in [1.82, 2.24) is 9.78 Å². The molecule has 2 rings (SSSR count). The number of hydrogen-bond donors (Lipinski definition) is 0. The molecule has 1 aromatic carbocycles. The summed E-state index contributed by atoms with van der Waals surface area (Å²) < 4.78 is 15.0. The van der Waals surface area contributed by atoms with Crippen molar-refractivity contribution in [3.63, 3.8) is 0 Å². The Labute approximate surface area is 80.1 Å². The largest absolute Gasteiger partial charge is 0.298 e. The molecule has 1 heterocycles. The van der Waals surface area contributed by atoms with Crippen LogP contribution in [-0.2, 0) is 7.05 Å². The summed E-state index contributed by atoms with van der Waals surface area (Å²) >= 11 is 0. The van der Waals surface area contributed by atoms with Crippen molar-refractivity contribution in [2.45, 2.75) is 6.92 Å². The number of aromatic nitrogens is 2. The lowest BCUT2D eigenvalue weighted by molar-refractivity contribution is 0.112. The van der Waals surface area contributed by atoms with E-state index in [4.69, 9.17) is 0 Å². The third-order valence-corrected chi connectivity index (χ3v) is 2.24. The topological polar surface area (TPSA) is 34.9 Å². The van der Waals surface area contributed by atoms with Gasteiger partial charge in [-0.05, 0) is 19.1 Å². The SMILES string of the molecule is Cc1nn(C)c2c(F)cc(C=O)cc12. The quantitative estimate of drug-likeness (QED) is 0.646. The monoisotopic (exact) mass is 192 g/mol. The molecule has 0 bridgehead atoms. The molecule has 0 fully saturated rings. The Morgan fingerprint density at radius 3 is 2.86 bits per heavy atom. The van der Waals surface area contributed by atoms with E-state index in [1.54, 1.807) is 20.0 Å². The maximum atomic E-state index is 13.5. The van der Waals surface area contributed by atoms with Gasteiger partial charge in [0.1, 0.15) is 17.6 Å². The van der Waals surface area contributed by atoms with Gasteiger partial charge in [0.2, 0.25) is 0 Å². The van der Waals surface area contributed by atoms with E-state index >= 15 is 0 Å². The fourth-order valence-electron chi connectivity index (χ4n) is 1.62. The Hall–Kier alpha value is -1.71. The fraction of sp³-hybridized carbons (Fsp3) is 0.200. The molecular formula is C10H9FN2O. The summed E-state index contributed by atoms with van der Waals surface area (Å²) in [6.45, 7) is 1.79. The summed E-state index contributed by atoms with van der Waals surface area (Å²) in [5.74, 6) is -0.410. The first-order chi connectivity index (χ1) is 6.63. The van der Waals surface area contributed by atoms with Crippen LogP contribution in [-0.4, -0.2) is 16.1 Å². The second-order valence-electron chi connectivity index (χ2n) is 3.23. The first-order valence-corrected chi connectivity index (χ1v) is 4.21. The van der Waals surface area contributed by atoms with Gasteiger partial charge in [0.05, 0.1) is 5.69 Å². The zero-order valence-electron chi connectivity index (χ0n) is 7.91. The van der Waals surface area contributed by atoms with Gasteiger partial charge < -0.3 is 0 Å². The van der Waals surface area contributed by atoms with Crippen LogP contribution in [0.15, 0.2) is 12.1 Å². The minimum Gasteiger partial charge on any atom is -0.298 e. The molecule has 0 radical (unpaired) electrons. The Kier molecular flexibility index (Phi) is 1.84. The van der Waals surface area contributed by atoms with Gasteiger partial charge in [0, 0.05) is 18.0 Å². The zero-order chi connectivity index (χ0) is 10.3. The predicted molar refractivity (Wildman–Crippen MR) is 50.8 cm³/mol. The summed E-state index contributed by atoms with van der Waals surface area (Å²) in [5, 5.41) is 4.78. The average Bonchev–Trinajstić information content (AvgIpc) is 2.42. The zero-order valence-corrected chi connectivity index (χ0v) is 7.91. The normalized spacial score (nSPS) is 10.8. The van der Waals surface area contributed by atoms with Gasteiger partial charge in [-0.3, -0.25) is 9.48 Å². The lowest BCUT2D eigenvalue weighted by atomic mass is 10.1. The van der Waals surface area contributed by atoms with E-state index in [1.165, 1.54) is 10.7 Å². The number of halogens is 1. The number of nitrogens with zero attached hydrogens (tertiary/aromatic N) is 2. The van der Waals surface area contributed by atoms with Gasteiger partial charge in [0.25, 0.3) is 0 Å². The maximum Gasteiger partial charge on any atom is 0.150 e. The Balaban J connectivity index is 2.92. The molecule has 0 spiro atoms. The van der Waals surface area contributed by atoms with Gasteiger partial charge in [-0.2, -0.15) is 5.10 Å². The number of carbonyl (C=O) groups excluding carboxylic acids is 1. The summed E-state index contributed by atoms with van der Waals surface area (Å²) in [5.41, 5.74) is 1.50. The Bertz CT molecular complexity index is 516. The molecule has 2 aromatic rings. The number of hydrogen-bond acceptors (Lipinski definition) is 2. The van der Waals surface area contributed by atoms with E-state index in [0.717, 1.165) is 5.69 Å². The first-order valence-electron chi connectivity index (χ1n) is 4.21. The van der Waals surface area contributed by atoms with Crippen LogP contribution in [0.3, 0.4) is 0 Å². The van der Waals surface area contributed by atoms with Crippen LogP contribution in [0.2, 0.25) is 0 Å². The van der Waals surface area contributed by atoms with Crippen LogP contribution < -0.4 is 0 Å². The van der Waals surface area contributed by atoms with Crippen molar-refractivity contribution in [2.75, 3.05) is 0 Å². The molecule has 0 aliphatic heterocycles. The van der Waals surface area contributed by atoms with E-state index in [-0.39, 0.29) is 0 Å². The number of benzene rings is 1. The highest BCUT2D eigenvalue weighted by Crippen LogP contribution is 2.21. The van der Waals surface area contributed by atoms with E-state index in [0.29, 0.717) is 22.8 Å². The number of aldehydes is 1. The Morgan fingerprint density at radius 2 is 2.21 bits per heavy atom. The molecule has 1 aromatic heterocycles. The third-order valence-electron chi connectivity index (χ3n) is 2.24. The van der Waals surface area contributed by atoms with E-state index in [2.05, 4.69) is 5.10 Å². The van der Waals surface area contributed by atoms with E-state index < -0.39 is 5.82 Å². The molecule has 0 saturated heterocycles. The molecule has 0 unspecified atom stereocenters. The van der Waals surface area contributed by atoms with Crippen LogP contribution in [0.4, 0.5) is 4.39 Å². The number of aryl methyl sites for hydroxylation is 2. The van der Waals surface area contributed by atoms with Crippen molar-refractivity contribution in [3.05, 3.63) is 29.2 Å². The molecular weight excluding hydrogens is 183 g/mol. The van der Waals surface area contributed by atoms with Crippen molar-refractivity contribution >= 4 is 17.2 Å². The minimum atomic E-state index is -0.410. The molecule has 0 atom stereocenters. The lowest BCUT2D eigenvalue weighted by Gasteiger charge is -1.97. The molecule has 0 saturated carbocycles. The van der Waals surface area contributed by atoms with Crippen molar-refractivity contribution in [3.8, 4) is 0 Å². The van der Waals surface area contributed by atoms with Gasteiger partial charge >= 0.3 is 0 Å². The smallest absolute Gasteiger partial charge is 0.150 e. The lowest BCUT2D eigenvalue weighted by Crippen LogP contribution is -1.93. The second kappa shape index (κ2) is 2.90. The fourth-order valence-corrected chi connectivity index (χ4v) is 1.62. The van der Waals surface area contributed by atoms with Gasteiger partial charge in [-0.15, -0.1) is 0 Å². The van der Waals surface area contributed by atoms with Gasteiger partial charge in [-0.1, -0.05) is 0 Å². The Morgan fingerprint density at radius 1 is 1.50 bits per heavy atom. The van der Waals surface area contributed by atoms with Crippen LogP contribution in [0.25, 0.3) is 10.9 Å². The summed E-state index contributed by atoms with van der Waals surface area (Å²) in [7, 11) is 1.68. The highest BCUT2D eigenvalue weighted by molar-refractivity contribution is 5.89. The maximum absolute atomic E-state index is 13.5.